The van der Waals surface area contributed by atoms with Gasteiger partial charge in [0.05, 0.1) is 5.56 Å². The SMILES string of the molecule is Cc1ccc(F)c(C(=O)c2cc(F)c(F)c(F)c2)c1. The summed E-state index contributed by atoms with van der Waals surface area (Å²) in [6.45, 7) is 1.64. The van der Waals surface area contributed by atoms with E-state index in [2.05, 4.69) is 0 Å². The molecule has 0 amide bonds. The molecule has 0 bridgehead atoms. The van der Waals surface area contributed by atoms with E-state index in [1.54, 1.807) is 6.92 Å². The fraction of sp³-hybridized carbons (Fsp3) is 0.0714. The molecular formula is C14H8F4O. The molecule has 19 heavy (non-hydrogen) atoms. The average molecular weight is 268 g/mol. The highest BCUT2D eigenvalue weighted by Crippen LogP contribution is 2.19. The highest BCUT2D eigenvalue weighted by molar-refractivity contribution is 6.09. The average Bonchev–Trinajstić information content (AvgIpc) is 2.37. The molecule has 0 radical (unpaired) electrons. The van der Waals surface area contributed by atoms with E-state index in [-0.39, 0.29) is 5.56 Å². The van der Waals surface area contributed by atoms with Crippen LogP contribution in [0.15, 0.2) is 30.3 Å². The normalized spacial score (nSPS) is 10.6. The summed E-state index contributed by atoms with van der Waals surface area (Å²) in [6, 6.07) is 4.89. The Morgan fingerprint density at radius 1 is 0.895 bits per heavy atom. The van der Waals surface area contributed by atoms with Crippen LogP contribution in [-0.4, -0.2) is 5.78 Å². The first kappa shape index (κ1) is 13.3. The minimum atomic E-state index is -1.67. The number of halogens is 4. The number of ketones is 1. The summed E-state index contributed by atoms with van der Waals surface area (Å²) >= 11 is 0. The summed E-state index contributed by atoms with van der Waals surface area (Å²) in [5.41, 5.74) is -0.140. The van der Waals surface area contributed by atoms with Gasteiger partial charge >= 0.3 is 0 Å². The molecule has 0 atom stereocenters. The molecule has 0 aliphatic carbocycles. The summed E-state index contributed by atoms with van der Waals surface area (Å²) in [4.78, 5) is 11.9. The molecule has 0 unspecified atom stereocenters. The van der Waals surface area contributed by atoms with Crippen LogP contribution in [0, 0.1) is 30.2 Å². The quantitative estimate of drug-likeness (QED) is 0.460. The van der Waals surface area contributed by atoms with Crippen LogP contribution in [0.4, 0.5) is 17.6 Å². The van der Waals surface area contributed by atoms with Crippen molar-refractivity contribution in [1.29, 1.82) is 0 Å². The van der Waals surface area contributed by atoms with Crippen LogP contribution in [0.3, 0.4) is 0 Å². The summed E-state index contributed by atoms with van der Waals surface area (Å²) in [5, 5.41) is 0. The summed E-state index contributed by atoms with van der Waals surface area (Å²) in [7, 11) is 0. The van der Waals surface area contributed by atoms with Crippen molar-refractivity contribution in [3.63, 3.8) is 0 Å². The molecule has 2 aromatic carbocycles. The van der Waals surface area contributed by atoms with Gasteiger partial charge in [0.2, 0.25) is 0 Å². The van der Waals surface area contributed by atoms with E-state index in [1.807, 2.05) is 0 Å². The van der Waals surface area contributed by atoms with Crippen LogP contribution < -0.4 is 0 Å². The predicted molar refractivity (Wildman–Crippen MR) is 60.9 cm³/mol. The third-order valence-electron chi connectivity index (χ3n) is 2.61. The molecule has 0 saturated heterocycles. The maximum absolute atomic E-state index is 13.5. The number of carbonyl (C=O) groups excluding carboxylic acids is 1. The Morgan fingerprint density at radius 2 is 1.47 bits per heavy atom. The van der Waals surface area contributed by atoms with Crippen molar-refractivity contribution in [1.82, 2.24) is 0 Å². The molecule has 0 saturated carbocycles. The zero-order chi connectivity index (χ0) is 14.2. The Kier molecular flexibility index (Phi) is 3.38. The third-order valence-corrected chi connectivity index (χ3v) is 2.61. The molecule has 5 heteroatoms. The molecule has 0 heterocycles. The first-order valence-electron chi connectivity index (χ1n) is 5.35. The Bertz CT molecular complexity index is 641. The van der Waals surface area contributed by atoms with Gasteiger partial charge < -0.3 is 0 Å². The number of carbonyl (C=O) groups is 1. The van der Waals surface area contributed by atoms with Crippen molar-refractivity contribution in [3.8, 4) is 0 Å². The van der Waals surface area contributed by atoms with Crippen LogP contribution in [0.5, 0.6) is 0 Å². The molecule has 98 valence electrons. The molecule has 1 nitrogen and oxygen atoms in total. The fourth-order valence-electron chi connectivity index (χ4n) is 1.66. The van der Waals surface area contributed by atoms with E-state index in [4.69, 9.17) is 0 Å². The largest absolute Gasteiger partial charge is 0.288 e. The first-order chi connectivity index (χ1) is 8.90. The van der Waals surface area contributed by atoms with Gasteiger partial charge in [-0.25, -0.2) is 17.6 Å². The van der Waals surface area contributed by atoms with Gasteiger partial charge in [-0.1, -0.05) is 11.6 Å². The second kappa shape index (κ2) is 4.84. The lowest BCUT2D eigenvalue weighted by molar-refractivity contribution is 0.103. The predicted octanol–water partition coefficient (Wildman–Crippen LogP) is 3.78. The van der Waals surface area contributed by atoms with Gasteiger partial charge in [0.15, 0.2) is 23.2 Å². The second-order valence-electron chi connectivity index (χ2n) is 4.07. The minimum Gasteiger partial charge on any atom is -0.288 e. The molecule has 0 spiro atoms. The number of aryl methyl sites for hydroxylation is 1. The van der Waals surface area contributed by atoms with Gasteiger partial charge in [-0.15, -0.1) is 0 Å². The van der Waals surface area contributed by atoms with Crippen molar-refractivity contribution in [2.45, 2.75) is 6.92 Å². The van der Waals surface area contributed by atoms with E-state index in [0.717, 1.165) is 6.07 Å². The van der Waals surface area contributed by atoms with Crippen molar-refractivity contribution in [3.05, 3.63) is 70.3 Å². The Labute approximate surface area is 106 Å². The summed E-state index contributed by atoms with van der Waals surface area (Å²) in [5.74, 6) is -6.35. The van der Waals surface area contributed by atoms with E-state index in [1.165, 1.54) is 12.1 Å². The van der Waals surface area contributed by atoms with Crippen molar-refractivity contribution in [2.24, 2.45) is 0 Å². The van der Waals surface area contributed by atoms with Gasteiger partial charge in [-0.2, -0.15) is 0 Å². The zero-order valence-electron chi connectivity index (χ0n) is 9.81. The molecule has 2 rings (SSSR count). The van der Waals surface area contributed by atoms with Gasteiger partial charge in [-0.05, 0) is 31.2 Å². The lowest BCUT2D eigenvalue weighted by atomic mass is 10.0. The van der Waals surface area contributed by atoms with Gasteiger partial charge in [0.1, 0.15) is 5.82 Å². The van der Waals surface area contributed by atoms with Crippen LogP contribution in [0.25, 0.3) is 0 Å². The van der Waals surface area contributed by atoms with Crippen LogP contribution >= 0.6 is 0 Å². The molecule has 2 aromatic rings. The second-order valence-corrected chi connectivity index (χ2v) is 4.07. The Hall–Kier alpha value is -2.17. The molecule has 0 fully saturated rings. The topological polar surface area (TPSA) is 17.1 Å². The zero-order valence-corrected chi connectivity index (χ0v) is 9.81. The Balaban J connectivity index is 2.53. The van der Waals surface area contributed by atoms with Crippen molar-refractivity contribution < 1.29 is 22.4 Å². The molecular weight excluding hydrogens is 260 g/mol. The summed E-state index contributed by atoms with van der Waals surface area (Å²) < 4.78 is 52.4. The highest BCUT2D eigenvalue weighted by Gasteiger charge is 2.18. The minimum absolute atomic E-state index is 0.314. The number of benzene rings is 2. The lowest BCUT2D eigenvalue weighted by Crippen LogP contribution is -2.07. The standard InChI is InChI=1S/C14H8F4O/c1-7-2-3-10(15)9(4-7)14(19)8-5-11(16)13(18)12(17)6-8/h2-6H,1H3. The van der Waals surface area contributed by atoms with Crippen molar-refractivity contribution >= 4 is 5.78 Å². The maximum atomic E-state index is 13.5. The van der Waals surface area contributed by atoms with E-state index in [0.29, 0.717) is 17.7 Å². The molecule has 0 aromatic heterocycles. The molecule has 0 N–H and O–H groups in total. The molecule has 0 aliphatic rings. The maximum Gasteiger partial charge on any atom is 0.196 e. The van der Waals surface area contributed by atoms with Crippen LogP contribution in [0.2, 0.25) is 0 Å². The fourth-order valence-corrected chi connectivity index (χ4v) is 1.66. The van der Waals surface area contributed by atoms with Crippen molar-refractivity contribution in [2.75, 3.05) is 0 Å². The Morgan fingerprint density at radius 3 is 2.05 bits per heavy atom. The van der Waals surface area contributed by atoms with Gasteiger partial charge in [0.25, 0.3) is 0 Å². The van der Waals surface area contributed by atoms with E-state index < -0.39 is 34.6 Å². The number of hydrogen-bond donors (Lipinski definition) is 0. The van der Waals surface area contributed by atoms with Crippen LogP contribution in [0.1, 0.15) is 21.5 Å². The number of rotatable bonds is 2. The summed E-state index contributed by atoms with van der Waals surface area (Å²) in [6.07, 6.45) is 0. The smallest absolute Gasteiger partial charge is 0.196 e. The highest BCUT2D eigenvalue weighted by atomic mass is 19.2. The first-order valence-corrected chi connectivity index (χ1v) is 5.35. The van der Waals surface area contributed by atoms with Gasteiger partial charge in [-0.3, -0.25) is 4.79 Å². The number of hydrogen-bond acceptors (Lipinski definition) is 1. The van der Waals surface area contributed by atoms with Gasteiger partial charge in [0, 0.05) is 5.56 Å². The molecule has 0 aliphatic heterocycles. The van der Waals surface area contributed by atoms with E-state index >= 15 is 0 Å². The lowest BCUT2D eigenvalue weighted by Gasteiger charge is -2.05. The van der Waals surface area contributed by atoms with Crippen LogP contribution in [-0.2, 0) is 0 Å². The third kappa shape index (κ3) is 2.50. The van der Waals surface area contributed by atoms with E-state index in [9.17, 15) is 22.4 Å². The monoisotopic (exact) mass is 268 g/mol.